The first-order valence-corrected chi connectivity index (χ1v) is 11.2. The minimum atomic E-state index is -0.621. The summed E-state index contributed by atoms with van der Waals surface area (Å²) in [6, 6.07) is 11.2. The summed E-state index contributed by atoms with van der Waals surface area (Å²) in [5, 5.41) is 20.0. The third-order valence-electron chi connectivity index (χ3n) is 5.06. The van der Waals surface area contributed by atoms with Crippen LogP contribution in [0.1, 0.15) is 46.8 Å². The van der Waals surface area contributed by atoms with Gasteiger partial charge in [0.1, 0.15) is 16.0 Å². The van der Waals surface area contributed by atoms with Gasteiger partial charge in [0, 0.05) is 19.5 Å². The maximum absolute atomic E-state index is 13.0. The lowest BCUT2D eigenvalue weighted by atomic mass is 10.00. The van der Waals surface area contributed by atoms with Crippen LogP contribution in [0.3, 0.4) is 0 Å². The van der Waals surface area contributed by atoms with Gasteiger partial charge in [0.05, 0.1) is 10.5 Å². The van der Waals surface area contributed by atoms with Gasteiger partial charge in [-0.2, -0.15) is 5.26 Å². The van der Waals surface area contributed by atoms with Crippen LogP contribution in [0.5, 0.6) is 5.88 Å². The number of Topliss-reactive ketones (excluding diaryl/α,β-unsaturated/α-hetero) is 1. The first-order valence-electron chi connectivity index (χ1n) is 10.00. The summed E-state index contributed by atoms with van der Waals surface area (Å²) in [5.41, 5.74) is 0.147. The fraction of sp³-hybridized carbons (Fsp3) is 0.261. The van der Waals surface area contributed by atoms with Crippen LogP contribution in [-0.4, -0.2) is 37.1 Å². The highest BCUT2D eigenvalue weighted by Crippen LogP contribution is 2.33. The maximum Gasteiger partial charge on any atom is 0.271 e. The molecule has 164 valence electrons. The van der Waals surface area contributed by atoms with Crippen molar-refractivity contribution in [1.29, 1.82) is 5.26 Å². The van der Waals surface area contributed by atoms with Crippen molar-refractivity contribution in [2.24, 2.45) is 0 Å². The lowest BCUT2D eigenvalue weighted by Crippen LogP contribution is -2.31. The fourth-order valence-corrected chi connectivity index (χ4v) is 4.76. The van der Waals surface area contributed by atoms with E-state index in [1.165, 1.54) is 23.6 Å². The highest BCUT2D eigenvalue weighted by atomic mass is 32.2. The number of carbonyl (C=O) groups is 2. The Labute approximate surface area is 195 Å². The number of amides is 1. The molecule has 0 aliphatic carbocycles. The van der Waals surface area contributed by atoms with Crippen LogP contribution in [0.15, 0.2) is 40.0 Å². The van der Waals surface area contributed by atoms with Gasteiger partial charge in [0.15, 0.2) is 5.78 Å². The molecule has 0 atom stereocenters. The molecule has 3 rings (SSSR count). The van der Waals surface area contributed by atoms with E-state index in [0.29, 0.717) is 15.6 Å². The average Bonchev–Trinajstić information content (AvgIpc) is 3.03. The zero-order valence-electron chi connectivity index (χ0n) is 17.6. The van der Waals surface area contributed by atoms with Gasteiger partial charge in [-0.15, -0.1) is 0 Å². The molecule has 1 aliphatic rings. The van der Waals surface area contributed by atoms with Crippen LogP contribution in [-0.2, 0) is 11.3 Å². The number of ketones is 1. The first-order chi connectivity index (χ1) is 15.3. The van der Waals surface area contributed by atoms with Gasteiger partial charge in [0.25, 0.3) is 11.5 Å². The minimum Gasteiger partial charge on any atom is -0.494 e. The van der Waals surface area contributed by atoms with Crippen molar-refractivity contribution in [3.63, 3.8) is 0 Å². The molecule has 1 aliphatic heterocycles. The molecule has 2 aromatic rings. The maximum atomic E-state index is 13.0. The summed E-state index contributed by atoms with van der Waals surface area (Å²) >= 11 is 6.49. The summed E-state index contributed by atoms with van der Waals surface area (Å²) in [7, 11) is 0. The largest absolute Gasteiger partial charge is 0.494 e. The molecule has 0 unspecified atom stereocenters. The SMILES string of the molecule is CCCn1c(O)c(C(=O)CCN2C(=O)/C(=C/c3ccccc3)SC2=S)c(C)c(C#N)c1=O. The van der Waals surface area contributed by atoms with Crippen molar-refractivity contribution >= 4 is 46.1 Å². The van der Waals surface area contributed by atoms with Gasteiger partial charge in [-0.3, -0.25) is 23.9 Å². The van der Waals surface area contributed by atoms with Gasteiger partial charge < -0.3 is 5.11 Å². The number of nitriles is 1. The number of benzene rings is 1. The Morgan fingerprint density at radius 1 is 1.25 bits per heavy atom. The van der Waals surface area contributed by atoms with E-state index >= 15 is 0 Å². The topological polar surface area (TPSA) is 103 Å². The Morgan fingerprint density at radius 2 is 1.94 bits per heavy atom. The monoisotopic (exact) mass is 467 g/mol. The number of thioether (sulfide) groups is 1. The molecule has 0 saturated carbocycles. The average molecular weight is 468 g/mol. The van der Waals surface area contributed by atoms with Crippen molar-refractivity contribution in [2.45, 2.75) is 33.2 Å². The Kier molecular flexibility index (Phi) is 7.28. The highest BCUT2D eigenvalue weighted by molar-refractivity contribution is 8.26. The summed E-state index contributed by atoms with van der Waals surface area (Å²) in [5.74, 6) is -1.21. The molecule has 9 heteroatoms. The second-order valence-corrected chi connectivity index (χ2v) is 8.86. The number of hydrogen-bond acceptors (Lipinski definition) is 7. The van der Waals surface area contributed by atoms with E-state index < -0.39 is 17.2 Å². The Bertz CT molecular complexity index is 1230. The molecule has 1 aromatic heterocycles. The number of aromatic hydroxyl groups is 1. The molecule has 1 N–H and O–H groups in total. The predicted octanol–water partition coefficient (Wildman–Crippen LogP) is 3.62. The second-order valence-electron chi connectivity index (χ2n) is 7.18. The van der Waals surface area contributed by atoms with E-state index in [1.54, 1.807) is 6.08 Å². The predicted molar refractivity (Wildman–Crippen MR) is 127 cm³/mol. The normalized spacial score (nSPS) is 14.8. The van der Waals surface area contributed by atoms with Crippen molar-refractivity contribution in [1.82, 2.24) is 9.47 Å². The second kappa shape index (κ2) is 9.94. The molecule has 1 aromatic carbocycles. The number of rotatable bonds is 7. The quantitative estimate of drug-likeness (QED) is 0.377. The molecule has 1 amide bonds. The molecule has 1 saturated heterocycles. The first kappa shape index (κ1) is 23.4. The van der Waals surface area contributed by atoms with E-state index in [9.17, 15) is 24.8 Å². The van der Waals surface area contributed by atoms with Crippen molar-refractivity contribution in [3.05, 3.63) is 67.8 Å². The molecule has 2 heterocycles. The summed E-state index contributed by atoms with van der Waals surface area (Å²) < 4.78 is 1.39. The molecule has 1 fully saturated rings. The van der Waals surface area contributed by atoms with Crippen LogP contribution in [0.25, 0.3) is 6.08 Å². The molecule has 0 spiro atoms. The van der Waals surface area contributed by atoms with Crippen molar-refractivity contribution in [3.8, 4) is 11.9 Å². The third kappa shape index (κ3) is 4.52. The van der Waals surface area contributed by atoms with Crippen molar-refractivity contribution < 1.29 is 14.7 Å². The smallest absolute Gasteiger partial charge is 0.271 e. The van der Waals surface area contributed by atoms with Gasteiger partial charge in [-0.25, -0.2) is 0 Å². The number of aromatic nitrogens is 1. The molecule has 0 bridgehead atoms. The Morgan fingerprint density at radius 3 is 2.56 bits per heavy atom. The lowest BCUT2D eigenvalue weighted by Gasteiger charge is -2.17. The molecule has 0 radical (unpaired) electrons. The van der Waals surface area contributed by atoms with Crippen LogP contribution in [0.4, 0.5) is 0 Å². The zero-order valence-corrected chi connectivity index (χ0v) is 19.3. The number of hydrogen-bond donors (Lipinski definition) is 1. The van der Waals surface area contributed by atoms with Crippen molar-refractivity contribution in [2.75, 3.05) is 6.54 Å². The zero-order chi connectivity index (χ0) is 23.4. The molecule has 32 heavy (non-hydrogen) atoms. The standard InChI is InChI=1S/C23H21N3O4S2/c1-3-10-25-20(28)16(13-24)14(2)19(22(25)30)17(27)9-11-26-21(29)18(32-23(26)31)12-15-7-5-4-6-8-15/h4-8,12,30H,3,9-11H2,1-2H3/b18-12-. The summed E-state index contributed by atoms with van der Waals surface area (Å²) in [6.07, 6.45) is 2.17. The van der Waals surface area contributed by atoms with Gasteiger partial charge in [-0.05, 0) is 30.5 Å². The highest BCUT2D eigenvalue weighted by Gasteiger charge is 2.33. The number of carbonyl (C=O) groups excluding carboxylic acids is 2. The molecular formula is C23H21N3O4S2. The van der Waals surface area contributed by atoms with E-state index in [1.807, 2.05) is 43.3 Å². The van der Waals surface area contributed by atoms with Crippen LogP contribution >= 0.6 is 24.0 Å². The molecule has 7 nitrogen and oxygen atoms in total. The van der Waals surface area contributed by atoms with E-state index in [0.717, 1.165) is 10.1 Å². The molecular weight excluding hydrogens is 446 g/mol. The summed E-state index contributed by atoms with van der Waals surface area (Å²) in [4.78, 5) is 40.0. The van der Waals surface area contributed by atoms with E-state index in [-0.39, 0.29) is 42.1 Å². The third-order valence-corrected chi connectivity index (χ3v) is 6.44. The number of nitrogens with zero attached hydrogens (tertiary/aromatic N) is 3. The lowest BCUT2D eigenvalue weighted by molar-refractivity contribution is -0.122. The van der Waals surface area contributed by atoms with Gasteiger partial charge >= 0.3 is 0 Å². The fourth-order valence-electron chi connectivity index (χ4n) is 3.45. The van der Waals surface area contributed by atoms with Crippen LogP contribution < -0.4 is 5.56 Å². The van der Waals surface area contributed by atoms with E-state index in [2.05, 4.69) is 0 Å². The summed E-state index contributed by atoms with van der Waals surface area (Å²) in [6.45, 7) is 3.49. The number of pyridine rings is 1. The van der Waals surface area contributed by atoms with Gasteiger partial charge in [0.2, 0.25) is 5.88 Å². The Balaban J connectivity index is 1.83. The van der Waals surface area contributed by atoms with Crippen LogP contribution in [0.2, 0.25) is 0 Å². The number of thiocarbonyl (C=S) groups is 1. The van der Waals surface area contributed by atoms with E-state index in [4.69, 9.17) is 12.2 Å². The minimum absolute atomic E-state index is 0.0311. The van der Waals surface area contributed by atoms with Crippen LogP contribution in [0, 0.1) is 18.3 Å². The van der Waals surface area contributed by atoms with Gasteiger partial charge in [-0.1, -0.05) is 61.2 Å². The Hall–Kier alpha value is -3.22.